The van der Waals surface area contributed by atoms with Crippen molar-refractivity contribution in [1.29, 1.82) is 0 Å². The van der Waals surface area contributed by atoms with Crippen molar-refractivity contribution >= 4 is 28.1 Å². The van der Waals surface area contributed by atoms with E-state index >= 15 is 0 Å². The number of para-hydroxylation sites is 1. The molecule has 0 radical (unpaired) electrons. The minimum Gasteiger partial charge on any atom is -0.353 e. The Morgan fingerprint density at radius 3 is 2.71 bits per heavy atom. The second kappa shape index (κ2) is 6.29. The maximum atomic E-state index is 12.3. The van der Waals surface area contributed by atoms with E-state index in [1.54, 1.807) is 5.38 Å². The molecule has 0 bridgehead atoms. The maximum absolute atomic E-state index is 12.3. The van der Waals surface area contributed by atoms with Crippen molar-refractivity contribution in [2.45, 2.75) is 6.54 Å². The van der Waals surface area contributed by atoms with Crippen molar-refractivity contribution in [3.63, 3.8) is 0 Å². The van der Waals surface area contributed by atoms with E-state index in [1.807, 2.05) is 48.5 Å². The minimum atomic E-state index is -0.155. The molecule has 0 spiro atoms. The molecule has 2 heterocycles. The molecular weight excluding hydrogens is 318 g/mol. The van der Waals surface area contributed by atoms with Crippen molar-refractivity contribution in [2.75, 3.05) is 0 Å². The third-order valence-corrected chi connectivity index (χ3v) is 4.67. The highest BCUT2D eigenvalue weighted by atomic mass is 32.1. The van der Waals surface area contributed by atoms with Crippen LogP contribution >= 0.6 is 11.3 Å². The van der Waals surface area contributed by atoms with Gasteiger partial charge in [-0.1, -0.05) is 48.5 Å². The van der Waals surface area contributed by atoms with Gasteiger partial charge in [-0.05, 0) is 17.7 Å². The first kappa shape index (κ1) is 14.7. The summed E-state index contributed by atoms with van der Waals surface area (Å²) in [7, 11) is 0. The zero-order chi connectivity index (χ0) is 16.4. The topological polar surface area (TPSA) is 57.8 Å². The molecular formula is C19H15N3OS. The molecule has 24 heavy (non-hydrogen) atoms. The van der Waals surface area contributed by atoms with E-state index in [2.05, 4.69) is 27.4 Å². The third kappa shape index (κ3) is 2.94. The summed E-state index contributed by atoms with van der Waals surface area (Å²) in [6.45, 7) is 0.499. The van der Waals surface area contributed by atoms with Crippen LogP contribution in [0.4, 0.5) is 0 Å². The minimum absolute atomic E-state index is 0.155. The number of H-pyrrole nitrogens is 1. The highest BCUT2D eigenvalue weighted by molar-refractivity contribution is 7.13. The quantitative estimate of drug-likeness (QED) is 0.587. The van der Waals surface area contributed by atoms with E-state index in [1.165, 1.54) is 11.3 Å². The number of nitrogens with zero attached hydrogens (tertiary/aromatic N) is 1. The summed E-state index contributed by atoms with van der Waals surface area (Å²) in [6.07, 6.45) is 0. The van der Waals surface area contributed by atoms with Gasteiger partial charge in [-0.25, -0.2) is 4.98 Å². The number of amides is 1. The van der Waals surface area contributed by atoms with Crippen molar-refractivity contribution in [1.82, 2.24) is 15.3 Å². The van der Waals surface area contributed by atoms with Gasteiger partial charge in [-0.3, -0.25) is 4.79 Å². The molecule has 0 fully saturated rings. The van der Waals surface area contributed by atoms with E-state index in [0.29, 0.717) is 12.2 Å². The van der Waals surface area contributed by atoms with Crippen LogP contribution in [0.15, 0.2) is 66.0 Å². The molecule has 118 valence electrons. The van der Waals surface area contributed by atoms with E-state index in [9.17, 15) is 4.79 Å². The van der Waals surface area contributed by atoms with Gasteiger partial charge < -0.3 is 10.3 Å². The van der Waals surface area contributed by atoms with Gasteiger partial charge in [0.2, 0.25) is 0 Å². The van der Waals surface area contributed by atoms with Crippen molar-refractivity contribution in [3.8, 4) is 10.7 Å². The summed E-state index contributed by atoms with van der Waals surface area (Å²) in [4.78, 5) is 20.1. The molecule has 1 amide bonds. The van der Waals surface area contributed by atoms with Crippen molar-refractivity contribution in [2.24, 2.45) is 0 Å². The molecule has 2 aromatic carbocycles. The molecule has 4 aromatic rings. The Hall–Kier alpha value is -2.92. The number of nitrogens with one attached hydrogen (secondary N) is 2. The average Bonchev–Trinajstić information content (AvgIpc) is 3.27. The fraction of sp³-hybridized carbons (Fsp3) is 0.0526. The van der Waals surface area contributed by atoms with Gasteiger partial charge in [0, 0.05) is 22.8 Å². The van der Waals surface area contributed by atoms with Crippen LogP contribution in [-0.2, 0) is 6.54 Å². The second-order valence-corrected chi connectivity index (χ2v) is 6.33. The van der Waals surface area contributed by atoms with E-state index in [-0.39, 0.29) is 5.91 Å². The number of thiazole rings is 1. The number of aromatic nitrogens is 2. The van der Waals surface area contributed by atoms with Gasteiger partial charge >= 0.3 is 0 Å². The van der Waals surface area contributed by atoms with Gasteiger partial charge in [0.05, 0.1) is 5.69 Å². The van der Waals surface area contributed by atoms with Crippen LogP contribution in [0.1, 0.15) is 16.1 Å². The number of hydrogen-bond acceptors (Lipinski definition) is 3. The molecule has 0 unspecified atom stereocenters. The number of carbonyl (C=O) groups is 1. The molecule has 0 saturated heterocycles. The predicted molar refractivity (Wildman–Crippen MR) is 97.0 cm³/mol. The van der Waals surface area contributed by atoms with Crippen LogP contribution in [0.5, 0.6) is 0 Å². The molecule has 0 aliphatic carbocycles. The lowest BCUT2D eigenvalue weighted by Crippen LogP contribution is -2.23. The van der Waals surface area contributed by atoms with Crippen LogP contribution in [0.2, 0.25) is 0 Å². The Labute approximate surface area is 143 Å². The highest BCUT2D eigenvalue weighted by Crippen LogP contribution is 2.26. The maximum Gasteiger partial charge on any atom is 0.271 e. The molecule has 5 heteroatoms. The Kier molecular flexibility index (Phi) is 3.84. The van der Waals surface area contributed by atoms with E-state index in [4.69, 9.17) is 0 Å². The Morgan fingerprint density at radius 2 is 1.88 bits per heavy atom. The summed E-state index contributed by atoms with van der Waals surface area (Å²) in [6, 6.07) is 20.0. The lowest BCUT2D eigenvalue weighted by molar-refractivity contribution is 0.0946. The second-order valence-electron chi connectivity index (χ2n) is 5.48. The first-order valence-corrected chi connectivity index (χ1v) is 8.53. The van der Waals surface area contributed by atoms with Crippen molar-refractivity contribution < 1.29 is 4.79 Å². The lowest BCUT2D eigenvalue weighted by atomic mass is 10.2. The summed E-state index contributed by atoms with van der Waals surface area (Å²) in [5, 5.41) is 6.65. The molecule has 0 aliphatic heterocycles. The Bertz CT molecular complexity index is 955. The van der Waals surface area contributed by atoms with Crippen LogP contribution in [-0.4, -0.2) is 15.9 Å². The molecule has 4 rings (SSSR count). The van der Waals surface area contributed by atoms with Crippen LogP contribution < -0.4 is 5.32 Å². The molecule has 4 nitrogen and oxygen atoms in total. The molecule has 2 aromatic heterocycles. The number of aromatic amines is 1. The summed E-state index contributed by atoms with van der Waals surface area (Å²) in [5.41, 5.74) is 3.52. The van der Waals surface area contributed by atoms with Gasteiger partial charge in [-0.15, -0.1) is 11.3 Å². The first-order chi connectivity index (χ1) is 11.8. The molecule has 0 aliphatic rings. The van der Waals surface area contributed by atoms with E-state index in [0.717, 1.165) is 27.2 Å². The summed E-state index contributed by atoms with van der Waals surface area (Å²) in [5.74, 6) is -0.155. The first-order valence-electron chi connectivity index (χ1n) is 7.65. The van der Waals surface area contributed by atoms with E-state index < -0.39 is 0 Å². The van der Waals surface area contributed by atoms with Gasteiger partial charge in [0.15, 0.2) is 0 Å². The zero-order valence-corrected chi connectivity index (χ0v) is 13.6. The smallest absolute Gasteiger partial charge is 0.271 e. The molecule has 2 N–H and O–H groups in total. The number of carbonyl (C=O) groups excluding carboxylic acids is 1. The van der Waals surface area contributed by atoms with Gasteiger partial charge in [0.1, 0.15) is 10.7 Å². The normalized spacial score (nSPS) is 10.8. The number of fused-ring (bicyclic) bond motifs is 1. The van der Waals surface area contributed by atoms with Crippen LogP contribution in [0, 0.1) is 0 Å². The van der Waals surface area contributed by atoms with Crippen LogP contribution in [0.25, 0.3) is 21.6 Å². The zero-order valence-electron chi connectivity index (χ0n) is 12.8. The predicted octanol–water partition coefficient (Wildman–Crippen LogP) is 4.22. The Balaban J connectivity index is 1.50. The molecule has 0 saturated carbocycles. The SMILES string of the molecule is O=C(NCc1ccccc1)c1csc(-c2cc3ccccc3[nH]2)n1. The monoisotopic (exact) mass is 333 g/mol. The fourth-order valence-corrected chi connectivity index (χ4v) is 3.33. The number of hydrogen-bond donors (Lipinski definition) is 2. The molecule has 0 atom stereocenters. The largest absolute Gasteiger partial charge is 0.353 e. The number of rotatable bonds is 4. The lowest BCUT2D eigenvalue weighted by Gasteiger charge is -2.02. The highest BCUT2D eigenvalue weighted by Gasteiger charge is 2.13. The average molecular weight is 333 g/mol. The third-order valence-electron chi connectivity index (χ3n) is 3.79. The number of benzene rings is 2. The van der Waals surface area contributed by atoms with Gasteiger partial charge in [0.25, 0.3) is 5.91 Å². The van der Waals surface area contributed by atoms with Gasteiger partial charge in [-0.2, -0.15) is 0 Å². The van der Waals surface area contributed by atoms with Crippen LogP contribution in [0.3, 0.4) is 0 Å². The standard InChI is InChI=1S/C19H15N3OS/c23-18(20-11-13-6-2-1-3-7-13)17-12-24-19(22-17)16-10-14-8-4-5-9-15(14)21-16/h1-10,12,21H,11H2,(H,20,23). The Morgan fingerprint density at radius 1 is 1.08 bits per heavy atom. The fourth-order valence-electron chi connectivity index (χ4n) is 2.56. The summed E-state index contributed by atoms with van der Waals surface area (Å²) < 4.78 is 0. The van der Waals surface area contributed by atoms with Crippen molar-refractivity contribution in [3.05, 3.63) is 77.3 Å². The summed E-state index contributed by atoms with van der Waals surface area (Å²) >= 11 is 1.46.